The van der Waals surface area contributed by atoms with E-state index in [4.69, 9.17) is 15.0 Å². The third-order valence-electron chi connectivity index (χ3n) is 21.0. The van der Waals surface area contributed by atoms with Crippen molar-refractivity contribution >= 4 is 65.4 Å². The van der Waals surface area contributed by atoms with Gasteiger partial charge in [0, 0.05) is 49.0 Å². The molecule has 0 radical (unpaired) electrons. The van der Waals surface area contributed by atoms with Crippen LogP contribution in [0.15, 0.2) is 200 Å². The van der Waals surface area contributed by atoms with Crippen LogP contribution in [0, 0.1) is 104 Å². The van der Waals surface area contributed by atoms with E-state index in [9.17, 15) is 0 Å². The Morgan fingerprint density at radius 2 is 0.375 bits per heavy atom. The Morgan fingerprint density at radius 1 is 0.198 bits per heavy atom. The van der Waals surface area contributed by atoms with Crippen molar-refractivity contribution in [1.82, 2.24) is 28.7 Å². The summed E-state index contributed by atoms with van der Waals surface area (Å²) in [5.41, 5.74) is 39.0. The Labute approximate surface area is 562 Å². The molecule has 0 fully saturated rings. The Kier molecular flexibility index (Phi) is 14.1. The topological polar surface area (TPSA) is 53.5 Å². The first-order chi connectivity index (χ1) is 46.4. The first kappa shape index (κ1) is 60.0. The van der Waals surface area contributed by atoms with Gasteiger partial charge in [-0.25, -0.2) is 15.0 Å². The van der Waals surface area contributed by atoms with Crippen LogP contribution in [0.25, 0.3) is 150 Å². The Bertz CT molecular complexity index is 5190. The van der Waals surface area contributed by atoms with Crippen molar-refractivity contribution in [2.45, 2.75) is 104 Å². The van der Waals surface area contributed by atoms with Crippen molar-refractivity contribution in [3.05, 3.63) is 284 Å². The minimum Gasteiger partial charge on any atom is -0.309 e. The van der Waals surface area contributed by atoms with E-state index in [1.807, 2.05) is 0 Å². The van der Waals surface area contributed by atoms with Crippen molar-refractivity contribution < 1.29 is 0 Å². The molecule has 0 bridgehead atoms. The quantitative estimate of drug-likeness (QED) is 0.145. The van der Waals surface area contributed by atoms with E-state index in [0.29, 0.717) is 17.5 Å². The van der Waals surface area contributed by atoms with E-state index >= 15 is 0 Å². The number of hydrogen-bond donors (Lipinski definition) is 0. The zero-order chi connectivity index (χ0) is 66.4. The van der Waals surface area contributed by atoms with Gasteiger partial charge < -0.3 is 13.7 Å². The van der Waals surface area contributed by atoms with Gasteiger partial charge in [-0.15, -0.1) is 0 Å². The number of hydrogen-bond acceptors (Lipinski definition) is 3. The highest BCUT2D eigenvalue weighted by Gasteiger charge is 2.27. The lowest BCUT2D eigenvalue weighted by Crippen LogP contribution is -2.07. The predicted octanol–water partition coefficient (Wildman–Crippen LogP) is 23.8. The summed E-state index contributed by atoms with van der Waals surface area (Å²) in [6.07, 6.45) is 0. The minimum atomic E-state index is 0.660. The summed E-state index contributed by atoms with van der Waals surface area (Å²) in [5.74, 6) is 1.98. The zero-order valence-electron chi connectivity index (χ0n) is 57.7. The molecule has 0 spiro atoms. The van der Waals surface area contributed by atoms with Gasteiger partial charge in [-0.05, 0) is 257 Å². The second kappa shape index (κ2) is 22.6. The Morgan fingerprint density at radius 3 is 0.573 bits per heavy atom. The number of nitrogens with zero attached hydrogens (tertiary/aromatic N) is 6. The molecule has 0 aliphatic rings. The van der Waals surface area contributed by atoms with E-state index < -0.39 is 0 Å². The molecule has 12 aromatic carbocycles. The van der Waals surface area contributed by atoms with Crippen LogP contribution in [0.4, 0.5) is 0 Å². The van der Waals surface area contributed by atoms with E-state index in [1.54, 1.807) is 0 Å². The number of rotatable bonds is 9. The van der Waals surface area contributed by atoms with Gasteiger partial charge in [0.15, 0.2) is 17.5 Å². The maximum atomic E-state index is 5.65. The lowest BCUT2D eigenvalue weighted by Gasteiger charge is -2.22. The molecule has 0 amide bonds. The van der Waals surface area contributed by atoms with Gasteiger partial charge in [-0.1, -0.05) is 164 Å². The van der Waals surface area contributed by atoms with Crippen LogP contribution in [0.2, 0.25) is 0 Å². The average molecular weight is 1240 g/mol. The van der Waals surface area contributed by atoms with Crippen LogP contribution in [0.5, 0.6) is 0 Å². The highest BCUT2D eigenvalue weighted by atomic mass is 15.0. The summed E-state index contributed by atoms with van der Waals surface area (Å²) in [4.78, 5) is 17.0. The van der Waals surface area contributed by atoms with Gasteiger partial charge in [-0.2, -0.15) is 0 Å². The van der Waals surface area contributed by atoms with Crippen LogP contribution < -0.4 is 0 Å². The molecule has 16 rings (SSSR count). The first-order valence-electron chi connectivity index (χ1n) is 33.8. The normalized spacial score (nSPS) is 11.9. The van der Waals surface area contributed by atoms with Crippen LogP contribution >= 0.6 is 0 Å². The fourth-order valence-electron chi connectivity index (χ4n) is 17.5. The van der Waals surface area contributed by atoms with Crippen molar-refractivity contribution in [2.75, 3.05) is 0 Å². The van der Waals surface area contributed by atoms with Gasteiger partial charge in [0.1, 0.15) is 0 Å². The smallest absolute Gasteiger partial charge is 0.164 e. The first-order valence-corrected chi connectivity index (χ1v) is 33.8. The number of benzene rings is 12. The maximum absolute atomic E-state index is 5.65. The van der Waals surface area contributed by atoms with E-state index in [2.05, 4.69) is 318 Å². The largest absolute Gasteiger partial charge is 0.309 e. The molecule has 16 aromatic rings. The molecule has 6 heteroatoms. The molecule has 4 heterocycles. The van der Waals surface area contributed by atoms with Crippen LogP contribution in [0.1, 0.15) is 83.5 Å². The van der Waals surface area contributed by atoms with Gasteiger partial charge in [0.2, 0.25) is 0 Å². The van der Waals surface area contributed by atoms with Gasteiger partial charge in [-0.3, -0.25) is 0 Å². The maximum Gasteiger partial charge on any atom is 0.164 e. The molecule has 96 heavy (non-hydrogen) atoms. The molecule has 0 saturated heterocycles. The second-order valence-electron chi connectivity index (χ2n) is 27.4. The molecule has 0 atom stereocenters. The number of fused-ring (bicyclic) bond motifs is 9. The molecule has 0 aliphatic carbocycles. The predicted molar refractivity (Wildman–Crippen MR) is 407 cm³/mol. The third kappa shape index (κ3) is 9.16. The SMILES string of the molecule is Cc1cc(-c2c(C)cc(C)c(-n3c4ccccc4c4ccccc43)c2C)cc(C)c1-c1nc(-c2c(C)cc(-c3c(C)cc(C)c(-n4c5ccccc5c5ccccc54)c3C)cc2C)nc(-c2c(C)cc(-c3c(C)cc(C)c(-n4c5ccccc5c5ccccc54)c3C)cc2C)n1. The summed E-state index contributed by atoms with van der Waals surface area (Å²) in [6.45, 7) is 33.9. The molecule has 6 nitrogen and oxygen atoms in total. The van der Waals surface area contributed by atoms with Crippen LogP contribution in [-0.2, 0) is 0 Å². The molecule has 468 valence electrons. The van der Waals surface area contributed by atoms with E-state index in [-0.39, 0.29) is 0 Å². The minimum absolute atomic E-state index is 0.660. The fourth-order valence-corrected chi connectivity index (χ4v) is 17.5. The highest BCUT2D eigenvalue weighted by Crippen LogP contribution is 2.46. The number of aromatic nitrogens is 6. The van der Waals surface area contributed by atoms with Crippen molar-refractivity contribution in [3.8, 4) is 84.6 Å². The highest BCUT2D eigenvalue weighted by molar-refractivity contribution is 6.12. The molecule has 4 aromatic heterocycles. The van der Waals surface area contributed by atoms with Crippen LogP contribution in [-0.4, -0.2) is 28.7 Å². The van der Waals surface area contributed by atoms with Gasteiger partial charge >= 0.3 is 0 Å². The molecule has 0 unspecified atom stereocenters. The molecule has 0 aliphatic heterocycles. The standard InChI is InChI=1S/C90H78N6/c1-49-40-58(10)85(94-73-34-22-16-28-67(73)68-29-17-23-35-74(68)94)61(13)82(49)64-43-52(4)79(53(5)44-64)88-91-89(80-54(6)45-65(46-55(80)7)83-50(2)41-59(11)86(62(83)14)95-75-36-24-18-30-69(75)70-31-19-25-37-76(70)95)93-90(92-88)81-56(8)47-66(48-57(81)9)84-51(3)42-60(12)87(63(84)15)96-77-38-26-20-32-71(77)72-33-21-27-39-78(72)96/h16-48H,1-15H3. The second-order valence-corrected chi connectivity index (χ2v) is 27.4. The molecule has 0 saturated carbocycles. The lowest BCUT2D eigenvalue weighted by molar-refractivity contribution is 1.05. The van der Waals surface area contributed by atoms with Crippen LogP contribution in [0.3, 0.4) is 0 Å². The fraction of sp³-hybridized carbons (Fsp3) is 0.167. The third-order valence-corrected chi connectivity index (χ3v) is 21.0. The van der Waals surface area contributed by atoms with E-state index in [1.165, 1.54) is 166 Å². The van der Waals surface area contributed by atoms with Crippen molar-refractivity contribution in [2.24, 2.45) is 0 Å². The Balaban J connectivity index is 0.867. The Hall–Kier alpha value is -11.0. The number of para-hydroxylation sites is 6. The van der Waals surface area contributed by atoms with Crippen molar-refractivity contribution in [1.29, 1.82) is 0 Å². The summed E-state index contributed by atoms with van der Waals surface area (Å²) >= 11 is 0. The molecular formula is C90H78N6. The lowest BCUT2D eigenvalue weighted by atomic mass is 9.88. The molecule has 0 N–H and O–H groups in total. The van der Waals surface area contributed by atoms with Gasteiger partial charge in [0.25, 0.3) is 0 Å². The summed E-state index contributed by atoms with van der Waals surface area (Å²) in [6, 6.07) is 74.1. The number of aryl methyl sites for hydroxylation is 12. The van der Waals surface area contributed by atoms with Crippen molar-refractivity contribution in [3.63, 3.8) is 0 Å². The average Bonchev–Trinajstić information content (AvgIpc) is 1.41. The summed E-state index contributed by atoms with van der Waals surface area (Å²) < 4.78 is 7.44. The monoisotopic (exact) mass is 1240 g/mol. The van der Waals surface area contributed by atoms with E-state index in [0.717, 1.165) is 50.1 Å². The zero-order valence-corrected chi connectivity index (χ0v) is 57.7. The van der Waals surface area contributed by atoms with Gasteiger partial charge in [0.05, 0.1) is 50.2 Å². The molecular weight excluding hydrogens is 1170 g/mol. The summed E-state index contributed by atoms with van der Waals surface area (Å²) in [5, 5.41) is 7.54. The summed E-state index contributed by atoms with van der Waals surface area (Å²) in [7, 11) is 0.